The fraction of sp³-hybridized carbons (Fsp3) is 0.235. The van der Waals surface area contributed by atoms with Crippen molar-refractivity contribution in [2.24, 2.45) is 11.8 Å². The molecule has 18 heavy (non-hydrogen) atoms. The Morgan fingerprint density at radius 2 is 1.56 bits per heavy atom. The summed E-state index contributed by atoms with van der Waals surface area (Å²) in [6.45, 7) is 0. The van der Waals surface area contributed by atoms with Crippen LogP contribution in [0.25, 0.3) is 22.9 Å². The smallest absolute Gasteiger partial charge is 0.0172 e. The summed E-state index contributed by atoms with van der Waals surface area (Å²) in [7, 11) is 0. The largest absolute Gasteiger partial charge is 0.157 e. The lowest BCUT2D eigenvalue weighted by atomic mass is 9.85. The summed E-state index contributed by atoms with van der Waals surface area (Å²) in [5.74, 6) is 5.07. The molecule has 0 spiro atoms. The van der Waals surface area contributed by atoms with Crippen molar-refractivity contribution in [2.75, 3.05) is 5.75 Å². The number of benzene rings is 2. The van der Waals surface area contributed by atoms with Gasteiger partial charge in [-0.15, -0.1) is 0 Å². The summed E-state index contributed by atoms with van der Waals surface area (Å²) >= 11 is 1.98. The molecule has 2 aliphatic rings. The van der Waals surface area contributed by atoms with E-state index in [4.69, 9.17) is 0 Å². The van der Waals surface area contributed by atoms with Crippen molar-refractivity contribution in [3.05, 3.63) is 52.6 Å². The van der Waals surface area contributed by atoms with E-state index in [2.05, 4.69) is 54.3 Å². The maximum atomic E-state index is 2.49. The van der Waals surface area contributed by atoms with Gasteiger partial charge in [0, 0.05) is 11.5 Å². The lowest BCUT2D eigenvalue weighted by Crippen LogP contribution is -2.34. The molecule has 1 saturated heterocycles. The van der Waals surface area contributed by atoms with Crippen LogP contribution in [0, 0.1) is 17.6 Å². The molecule has 0 saturated carbocycles. The van der Waals surface area contributed by atoms with Crippen LogP contribution >= 0.6 is 11.8 Å². The molecule has 89 valence electrons. The number of fused-ring (bicyclic) bond motifs is 3. The monoisotopic (exact) mass is 251 g/mol. The third-order valence-electron chi connectivity index (χ3n) is 4.06. The van der Waals surface area contributed by atoms with Gasteiger partial charge in [-0.1, -0.05) is 36.4 Å². The third kappa shape index (κ3) is 1.69. The molecule has 1 heteroatoms. The van der Waals surface area contributed by atoms with E-state index in [0.29, 0.717) is 0 Å². The van der Waals surface area contributed by atoms with Crippen LogP contribution in [-0.2, 0) is 0 Å². The molecule has 1 aliphatic carbocycles. The second-order valence-corrected chi connectivity index (χ2v) is 6.23. The Bertz CT molecular complexity index is 651. The summed E-state index contributed by atoms with van der Waals surface area (Å²) < 4.78 is 0. The van der Waals surface area contributed by atoms with Gasteiger partial charge in [0.2, 0.25) is 0 Å². The Hall–Kier alpha value is -1.21. The molecular formula is C17H15S. The molecule has 1 heterocycles. The first-order valence-corrected chi connectivity index (χ1v) is 7.61. The van der Waals surface area contributed by atoms with Crippen LogP contribution in [0.5, 0.6) is 0 Å². The molecule has 2 unspecified atom stereocenters. The first kappa shape index (κ1) is 10.7. The van der Waals surface area contributed by atoms with Crippen LogP contribution in [0.1, 0.15) is 6.42 Å². The van der Waals surface area contributed by atoms with Gasteiger partial charge in [-0.2, -0.15) is 11.8 Å². The predicted octanol–water partition coefficient (Wildman–Crippen LogP) is 2.95. The first-order chi connectivity index (χ1) is 8.90. The number of thioether (sulfide) groups is 1. The third-order valence-corrected chi connectivity index (χ3v) is 5.07. The number of rotatable bonds is 0. The molecule has 0 aromatic heterocycles. The van der Waals surface area contributed by atoms with Crippen molar-refractivity contribution in [3.8, 4) is 0 Å². The molecule has 0 bridgehead atoms. The minimum atomic E-state index is 0.722. The molecule has 1 aliphatic heterocycles. The lowest BCUT2D eigenvalue weighted by Gasteiger charge is -2.28. The predicted molar refractivity (Wildman–Crippen MR) is 80.5 cm³/mol. The Balaban J connectivity index is 1.99. The van der Waals surface area contributed by atoms with Crippen LogP contribution in [-0.4, -0.2) is 5.75 Å². The molecule has 2 aromatic rings. The molecule has 4 rings (SSSR count). The van der Waals surface area contributed by atoms with Gasteiger partial charge in [-0.05, 0) is 51.6 Å². The van der Waals surface area contributed by atoms with Crippen molar-refractivity contribution in [1.29, 1.82) is 0 Å². The van der Waals surface area contributed by atoms with Crippen molar-refractivity contribution in [2.45, 2.75) is 6.42 Å². The number of hydrogen-bond acceptors (Lipinski definition) is 1. The fourth-order valence-corrected chi connectivity index (χ4v) is 4.11. The van der Waals surface area contributed by atoms with E-state index in [0.717, 1.165) is 11.8 Å². The molecule has 1 radical (unpaired) electrons. The Morgan fingerprint density at radius 3 is 2.28 bits per heavy atom. The van der Waals surface area contributed by atoms with E-state index in [-0.39, 0.29) is 0 Å². The van der Waals surface area contributed by atoms with Gasteiger partial charge >= 0.3 is 0 Å². The standard InChI is InChI=1S/C17H15S/c1-2-4-13-8-16-10-17-11-18-6-5-14(17)9-15(16)7-12(13)3-1/h1-4,6-10,14,17H,5,11H2. The number of hydrogen-bond donors (Lipinski definition) is 0. The van der Waals surface area contributed by atoms with Gasteiger partial charge in [0.25, 0.3) is 0 Å². The topological polar surface area (TPSA) is 0 Å². The highest BCUT2D eigenvalue weighted by atomic mass is 32.2. The second-order valence-electron chi connectivity index (χ2n) is 5.23. The van der Waals surface area contributed by atoms with Crippen LogP contribution in [0.4, 0.5) is 0 Å². The van der Waals surface area contributed by atoms with Gasteiger partial charge in [0.15, 0.2) is 0 Å². The van der Waals surface area contributed by atoms with E-state index in [1.54, 1.807) is 0 Å². The average Bonchev–Trinajstić information content (AvgIpc) is 2.42. The second kappa shape index (κ2) is 4.17. The molecule has 1 fully saturated rings. The van der Waals surface area contributed by atoms with Gasteiger partial charge in [0.1, 0.15) is 0 Å². The Kier molecular flexibility index (Phi) is 2.47. The summed E-state index contributed by atoms with van der Waals surface area (Å²) in [6.07, 6.45) is 6.20. The van der Waals surface area contributed by atoms with E-state index < -0.39 is 0 Å². The minimum absolute atomic E-state index is 0.722. The zero-order chi connectivity index (χ0) is 11.9. The maximum Gasteiger partial charge on any atom is 0.0172 e. The fourth-order valence-electron chi connectivity index (χ4n) is 3.05. The van der Waals surface area contributed by atoms with E-state index >= 15 is 0 Å². The lowest BCUT2D eigenvalue weighted by molar-refractivity contribution is 0.555. The molecular weight excluding hydrogens is 236 g/mol. The van der Waals surface area contributed by atoms with Gasteiger partial charge < -0.3 is 0 Å². The van der Waals surface area contributed by atoms with Crippen molar-refractivity contribution in [1.82, 2.24) is 0 Å². The average molecular weight is 251 g/mol. The summed E-state index contributed by atoms with van der Waals surface area (Å²) in [5.41, 5.74) is 0. The van der Waals surface area contributed by atoms with Crippen LogP contribution in [0.2, 0.25) is 0 Å². The molecule has 0 nitrogen and oxygen atoms in total. The van der Waals surface area contributed by atoms with Crippen molar-refractivity contribution < 1.29 is 0 Å². The SMILES string of the molecule is [CH]1CC2C=c3cc4ccccc4cc3=CC2CS1. The quantitative estimate of drug-likeness (QED) is 0.694. The van der Waals surface area contributed by atoms with Crippen LogP contribution in [0.15, 0.2) is 36.4 Å². The van der Waals surface area contributed by atoms with E-state index in [9.17, 15) is 0 Å². The summed E-state index contributed by atoms with van der Waals surface area (Å²) in [6, 6.07) is 13.3. The highest BCUT2D eigenvalue weighted by molar-refractivity contribution is 8.01. The summed E-state index contributed by atoms with van der Waals surface area (Å²) in [5, 5.41) is 5.57. The van der Waals surface area contributed by atoms with E-state index in [1.807, 2.05) is 11.8 Å². The Morgan fingerprint density at radius 1 is 0.889 bits per heavy atom. The van der Waals surface area contributed by atoms with Gasteiger partial charge in [0.05, 0.1) is 0 Å². The molecule has 2 atom stereocenters. The molecule has 0 amide bonds. The normalized spacial score (nSPS) is 25.8. The zero-order valence-electron chi connectivity index (χ0n) is 10.2. The van der Waals surface area contributed by atoms with Crippen molar-refractivity contribution in [3.63, 3.8) is 0 Å². The molecule has 2 aromatic carbocycles. The minimum Gasteiger partial charge on any atom is -0.157 e. The van der Waals surface area contributed by atoms with Gasteiger partial charge in [-0.3, -0.25) is 0 Å². The van der Waals surface area contributed by atoms with E-state index in [1.165, 1.54) is 33.4 Å². The Labute approximate surface area is 111 Å². The van der Waals surface area contributed by atoms with Gasteiger partial charge in [-0.25, -0.2) is 0 Å². The maximum absolute atomic E-state index is 2.49. The van der Waals surface area contributed by atoms with Crippen LogP contribution in [0.3, 0.4) is 0 Å². The van der Waals surface area contributed by atoms with Crippen LogP contribution < -0.4 is 10.4 Å². The molecule has 0 N–H and O–H groups in total. The zero-order valence-corrected chi connectivity index (χ0v) is 11.0. The summed E-state index contributed by atoms with van der Waals surface area (Å²) in [4.78, 5) is 0. The highest BCUT2D eigenvalue weighted by Gasteiger charge is 2.23. The van der Waals surface area contributed by atoms with Crippen molar-refractivity contribution >= 4 is 34.7 Å². The first-order valence-electron chi connectivity index (χ1n) is 6.56. The highest BCUT2D eigenvalue weighted by Crippen LogP contribution is 2.34.